The Morgan fingerprint density at radius 2 is 2.08 bits per heavy atom. The molecule has 0 spiro atoms. The van der Waals surface area contributed by atoms with Crippen LogP contribution in [0, 0.1) is 0 Å². The summed E-state index contributed by atoms with van der Waals surface area (Å²) < 4.78 is 10.8. The van der Waals surface area contributed by atoms with E-state index in [2.05, 4.69) is 18.7 Å². The van der Waals surface area contributed by atoms with Crippen molar-refractivity contribution in [3.63, 3.8) is 0 Å². The molecule has 0 aromatic heterocycles. The number of hydrogen-bond donors (Lipinski definition) is 1. The standard InChI is InChI=1S/C9H19NO3/c1-3-10(4-2)5-9-12-7-8(6-11)13-9/h8-9,11H,3-7H2,1-2H3. The second kappa shape index (κ2) is 5.54. The predicted octanol–water partition coefficient (Wildman–Crippen LogP) is 0.0620. The van der Waals surface area contributed by atoms with Gasteiger partial charge in [-0.15, -0.1) is 0 Å². The zero-order valence-corrected chi connectivity index (χ0v) is 8.40. The Labute approximate surface area is 79.4 Å². The summed E-state index contributed by atoms with van der Waals surface area (Å²) in [5.41, 5.74) is 0. The number of likely N-dealkylation sites (N-methyl/N-ethyl adjacent to an activating group) is 1. The molecule has 4 nitrogen and oxygen atoms in total. The van der Waals surface area contributed by atoms with Gasteiger partial charge < -0.3 is 14.6 Å². The molecule has 1 aliphatic rings. The second-order valence-corrected chi connectivity index (χ2v) is 3.19. The van der Waals surface area contributed by atoms with Gasteiger partial charge in [-0.2, -0.15) is 0 Å². The van der Waals surface area contributed by atoms with Crippen LogP contribution >= 0.6 is 0 Å². The summed E-state index contributed by atoms with van der Waals surface area (Å²) in [6, 6.07) is 0. The molecule has 0 amide bonds. The SMILES string of the molecule is CCN(CC)CC1OCC(CO)O1. The number of aliphatic hydroxyl groups excluding tert-OH is 1. The van der Waals surface area contributed by atoms with Crippen LogP contribution in [0.1, 0.15) is 13.8 Å². The Morgan fingerprint density at radius 1 is 1.38 bits per heavy atom. The van der Waals surface area contributed by atoms with E-state index < -0.39 is 0 Å². The van der Waals surface area contributed by atoms with Crippen molar-refractivity contribution in [2.45, 2.75) is 26.2 Å². The molecule has 0 aromatic carbocycles. The summed E-state index contributed by atoms with van der Waals surface area (Å²) in [4.78, 5) is 2.24. The first-order chi connectivity index (χ1) is 6.30. The van der Waals surface area contributed by atoms with Gasteiger partial charge in [0.15, 0.2) is 6.29 Å². The highest BCUT2D eigenvalue weighted by Crippen LogP contribution is 2.11. The molecule has 78 valence electrons. The molecular weight excluding hydrogens is 170 g/mol. The lowest BCUT2D eigenvalue weighted by Crippen LogP contribution is -2.33. The summed E-state index contributed by atoms with van der Waals surface area (Å²) in [5, 5.41) is 8.81. The number of aliphatic hydroxyl groups is 1. The molecule has 2 atom stereocenters. The van der Waals surface area contributed by atoms with Gasteiger partial charge in [-0.1, -0.05) is 13.8 Å². The van der Waals surface area contributed by atoms with Crippen LogP contribution in [0.4, 0.5) is 0 Å². The summed E-state index contributed by atoms with van der Waals surface area (Å²) in [6.07, 6.45) is -0.280. The number of rotatable bonds is 5. The Bertz CT molecular complexity index is 139. The maximum absolute atomic E-state index is 8.81. The average molecular weight is 189 g/mol. The third kappa shape index (κ3) is 3.23. The molecule has 1 N–H and O–H groups in total. The minimum Gasteiger partial charge on any atom is -0.394 e. The average Bonchev–Trinajstić information content (AvgIpc) is 2.61. The summed E-state index contributed by atoms with van der Waals surface area (Å²) >= 11 is 0. The zero-order valence-electron chi connectivity index (χ0n) is 8.40. The Morgan fingerprint density at radius 3 is 2.54 bits per heavy atom. The quantitative estimate of drug-likeness (QED) is 0.664. The first-order valence-corrected chi connectivity index (χ1v) is 4.90. The predicted molar refractivity (Wildman–Crippen MR) is 49.5 cm³/mol. The van der Waals surface area contributed by atoms with E-state index in [0.717, 1.165) is 19.6 Å². The van der Waals surface area contributed by atoms with Gasteiger partial charge in [0, 0.05) is 6.54 Å². The Kier molecular flexibility index (Phi) is 4.66. The largest absolute Gasteiger partial charge is 0.394 e. The normalized spacial score (nSPS) is 28.6. The molecule has 0 saturated carbocycles. The fraction of sp³-hybridized carbons (Fsp3) is 1.00. The number of ether oxygens (including phenoxy) is 2. The maximum Gasteiger partial charge on any atom is 0.170 e. The lowest BCUT2D eigenvalue weighted by atomic mass is 10.4. The molecule has 1 saturated heterocycles. The lowest BCUT2D eigenvalue weighted by Gasteiger charge is -2.21. The molecule has 13 heavy (non-hydrogen) atoms. The molecule has 0 bridgehead atoms. The zero-order chi connectivity index (χ0) is 9.68. The van der Waals surface area contributed by atoms with Gasteiger partial charge in [0.25, 0.3) is 0 Å². The van der Waals surface area contributed by atoms with Gasteiger partial charge in [0.05, 0.1) is 13.2 Å². The fourth-order valence-corrected chi connectivity index (χ4v) is 1.39. The molecular formula is C9H19NO3. The van der Waals surface area contributed by atoms with Crippen LogP contribution in [0.2, 0.25) is 0 Å². The van der Waals surface area contributed by atoms with Crippen molar-refractivity contribution in [2.24, 2.45) is 0 Å². The van der Waals surface area contributed by atoms with E-state index in [0.29, 0.717) is 6.61 Å². The lowest BCUT2D eigenvalue weighted by molar-refractivity contribution is -0.0802. The van der Waals surface area contributed by atoms with Crippen molar-refractivity contribution in [3.8, 4) is 0 Å². The number of nitrogens with zero attached hydrogens (tertiary/aromatic N) is 1. The van der Waals surface area contributed by atoms with E-state index in [1.165, 1.54) is 0 Å². The van der Waals surface area contributed by atoms with E-state index in [9.17, 15) is 0 Å². The molecule has 1 fully saturated rings. The first-order valence-electron chi connectivity index (χ1n) is 4.90. The van der Waals surface area contributed by atoms with E-state index in [1.807, 2.05) is 0 Å². The van der Waals surface area contributed by atoms with Gasteiger partial charge in [0.1, 0.15) is 6.10 Å². The van der Waals surface area contributed by atoms with Crippen LogP contribution in [0.3, 0.4) is 0 Å². The van der Waals surface area contributed by atoms with Crippen molar-refractivity contribution in [3.05, 3.63) is 0 Å². The molecule has 2 unspecified atom stereocenters. The highest BCUT2D eigenvalue weighted by molar-refractivity contribution is 4.66. The van der Waals surface area contributed by atoms with Crippen molar-refractivity contribution < 1.29 is 14.6 Å². The Hall–Kier alpha value is -0.160. The minimum absolute atomic E-state index is 0.0503. The van der Waals surface area contributed by atoms with E-state index >= 15 is 0 Å². The van der Waals surface area contributed by atoms with Crippen LogP contribution in [0.25, 0.3) is 0 Å². The first kappa shape index (κ1) is 10.9. The van der Waals surface area contributed by atoms with Crippen LogP contribution in [0.15, 0.2) is 0 Å². The molecule has 0 aliphatic carbocycles. The molecule has 0 radical (unpaired) electrons. The van der Waals surface area contributed by atoms with Crippen molar-refractivity contribution in [1.29, 1.82) is 0 Å². The van der Waals surface area contributed by atoms with Crippen LogP contribution < -0.4 is 0 Å². The molecule has 1 heterocycles. The maximum atomic E-state index is 8.81. The third-order valence-corrected chi connectivity index (χ3v) is 2.32. The van der Waals surface area contributed by atoms with E-state index in [1.54, 1.807) is 0 Å². The Balaban J connectivity index is 2.22. The molecule has 1 rings (SSSR count). The van der Waals surface area contributed by atoms with Gasteiger partial charge in [0.2, 0.25) is 0 Å². The van der Waals surface area contributed by atoms with Crippen LogP contribution in [-0.2, 0) is 9.47 Å². The smallest absolute Gasteiger partial charge is 0.170 e. The van der Waals surface area contributed by atoms with Crippen molar-refractivity contribution >= 4 is 0 Å². The second-order valence-electron chi connectivity index (χ2n) is 3.19. The van der Waals surface area contributed by atoms with Crippen LogP contribution in [-0.4, -0.2) is 55.2 Å². The number of hydrogen-bond acceptors (Lipinski definition) is 4. The molecule has 4 heteroatoms. The minimum atomic E-state index is -0.156. The highest BCUT2D eigenvalue weighted by Gasteiger charge is 2.26. The van der Waals surface area contributed by atoms with Gasteiger partial charge >= 0.3 is 0 Å². The van der Waals surface area contributed by atoms with Gasteiger partial charge in [-0.3, -0.25) is 4.90 Å². The summed E-state index contributed by atoms with van der Waals surface area (Å²) in [5.74, 6) is 0. The molecule has 1 aliphatic heterocycles. The fourth-order valence-electron chi connectivity index (χ4n) is 1.39. The van der Waals surface area contributed by atoms with E-state index in [-0.39, 0.29) is 19.0 Å². The van der Waals surface area contributed by atoms with Gasteiger partial charge in [-0.05, 0) is 13.1 Å². The summed E-state index contributed by atoms with van der Waals surface area (Å²) in [6.45, 7) is 7.59. The monoisotopic (exact) mass is 189 g/mol. The summed E-state index contributed by atoms with van der Waals surface area (Å²) in [7, 11) is 0. The highest BCUT2D eigenvalue weighted by atomic mass is 16.7. The molecule has 0 aromatic rings. The van der Waals surface area contributed by atoms with Crippen LogP contribution in [0.5, 0.6) is 0 Å². The van der Waals surface area contributed by atoms with E-state index in [4.69, 9.17) is 14.6 Å². The van der Waals surface area contributed by atoms with Gasteiger partial charge in [-0.25, -0.2) is 0 Å². The topological polar surface area (TPSA) is 41.9 Å². The van der Waals surface area contributed by atoms with Crippen molar-refractivity contribution in [2.75, 3.05) is 32.8 Å². The van der Waals surface area contributed by atoms with Crippen molar-refractivity contribution in [1.82, 2.24) is 4.90 Å². The third-order valence-electron chi connectivity index (χ3n) is 2.32.